The van der Waals surface area contributed by atoms with E-state index < -0.39 is 10.0 Å². The first kappa shape index (κ1) is 29.1. The molecule has 0 amide bonds. The summed E-state index contributed by atoms with van der Waals surface area (Å²) in [6.45, 7) is 0. The molecule has 9 rings (SSSR count). The molecule has 0 fully saturated rings. The first-order valence-corrected chi connectivity index (χ1v) is 18.1. The summed E-state index contributed by atoms with van der Waals surface area (Å²) in [5.41, 5.74) is 7.66. The van der Waals surface area contributed by atoms with Gasteiger partial charge in [-0.3, -0.25) is 0 Å². The lowest BCUT2D eigenvalue weighted by Crippen LogP contribution is -2.03. The standard InChI is InChI=1S/C45H31N3S/c1-5-16-32(17-6-1)33-28-30-35(31-29-33)44-46-43(34-18-7-2-8-19-34)47-45(48-44)39-25-15-27-41-42(39)38-24-13-14-26-40(38)49(41,36-20-9-3-10-21-36)37-22-11-4-12-23-37/h1-31H. The summed E-state index contributed by atoms with van der Waals surface area (Å²) >= 11 is 0. The minimum absolute atomic E-state index is 0.650. The topological polar surface area (TPSA) is 38.7 Å². The second-order valence-corrected chi connectivity index (χ2v) is 15.1. The van der Waals surface area contributed by atoms with E-state index in [2.05, 4.69) is 164 Å². The maximum Gasteiger partial charge on any atom is 0.164 e. The van der Waals surface area contributed by atoms with Crippen molar-refractivity contribution in [3.8, 4) is 56.4 Å². The van der Waals surface area contributed by atoms with E-state index in [-0.39, 0.29) is 0 Å². The van der Waals surface area contributed by atoms with Gasteiger partial charge in [-0.2, -0.15) is 0 Å². The predicted octanol–water partition coefficient (Wildman–Crippen LogP) is 11.9. The number of benzene rings is 7. The maximum absolute atomic E-state index is 5.23. The molecule has 1 aromatic heterocycles. The Morgan fingerprint density at radius 3 is 1.31 bits per heavy atom. The summed E-state index contributed by atoms with van der Waals surface area (Å²) < 4.78 is 0. The largest absolute Gasteiger partial charge is 0.208 e. The van der Waals surface area contributed by atoms with Crippen molar-refractivity contribution in [2.24, 2.45) is 0 Å². The van der Waals surface area contributed by atoms with Crippen LogP contribution in [0.5, 0.6) is 0 Å². The van der Waals surface area contributed by atoms with E-state index in [1.807, 2.05) is 24.3 Å². The van der Waals surface area contributed by atoms with Crippen molar-refractivity contribution in [2.45, 2.75) is 19.6 Å². The normalized spacial score (nSPS) is 13.3. The quantitative estimate of drug-likeness (QED) is 0.181. The monoisotopic (exact) mass is 645 g/mol. The first-order chi connectivity index (χ1) is 24.3. The van der Waals surface area contributed by atoms with Gasteiger partial charge in [-0.25, -0.2) is 15.0 Å². The fourth-order valence-corrected chi connectivity index (χ4v) is 11.2. The van der Waals surface area contributed by atoms with E-state index in [1.54, 1.807) is 0 Å². The molecule has 0 N–H and O–H groups in total. The zero-order valence-electron chi connectivity index (χ0n) is 26.6. The van der Waals surface area contributed by atoms with Crippen molar-refractivity contribution >= 4 is 10.0 Å². The Labute approximate surface area is 288 Å². The summed E-state index contributed by atoms with van der Waals surface area (Å²) in [5, 5.41) is 0. The van der Waals surface area contributed by atoms with E-state index in [1.165, 1.54) is 36.3 Å². The Morgan fingerprint density at radius 2 is 0.694 bits per heavy atom. The van der Waals surface area contributed by atoms with Gasteiger partial charge in [0.2, 0.25) is 0 Å². The molecule has 4 heteroatoms. The van der Waals surface area contributed by atoms with E-state index in [0.29, 0.717) is 17.5 Å². The number of aromatic nitrogens is 3. The van der Waals surface area contributed by atoms with Gasteiger partial charge < -0.3 is 0 Å². The van der Waals surface area contributed by atoms with Crippen molar-refractivity contribution in [1.29, 1.82) is 0 Å². The van der Waals surface area contributed by atoms with Crippen molar-refractivity contribution in [3.05, 3.63) is 188 Å². The lowest BCUT2D eigenvalue weighted by molar-refractivity contribution is 1.07. The summed E-state index contributed by atoms with van der Waals surface area (Å²) in [7, 11) is -1.79. The molecule has 3 nitrogen and oxygen atoms in total. The van der Waals surface area contributed by atoms with Gasteiger partial charge in [0.1, 0.15) is 0 Å². The maximum atomic E-state index is 5.23. The zero-order valence-corrected chi connectivity index (χ0v) is 27.5. The molecule has 0 radical (unpaired) electrons. The molecule has 0 saturated heterocycles. The molecule has 0 aliphatic carbocycles. The van der Waals surface area contributed by atoms with Crippen LogP contribution in [0.1, 0.15) is 0 Å². The number of rotatable bonds is 6. The highest BCUT2D eigenvalue weighted by molar-refractivity contribution is 8.34. The summed E-state index contributed by atoms with van der Waals surface area (Å²) in [5.74, 6) is 1.97. The van der Waals surface area contributed by atoms with Gasteiger partial charge in [-0.05, 0) is 53.1 Å². The van der Waals surface area contributed by atoms with Gasteiger partial charge in [-0.15, -0.1) is 10.0 Å². The van der Waals surface area contributed by atoms with Crippen LogP contribution in [0.4, 0.5) is 0 Å². The van der Waals surface area contributed by atoms with Crippen LogP contribution in [-0.4, -0.2) is 15.0 Å². The predicted molar refractivity (Wildman–Crippen MR) is 201 cm³/mol. The molecular formula is C45H31N3S. The van der Waals surface area contributed by atoms with Gasteiger partial charge in [0.15, 0.2) is 17.5 Å². The van der Waals surface area contributed by atoms with E-state index >= 15 is 0 Å². The molecule has 232 valence electrons. The Kier molecular flexibility index (Phi) is 7.22. The molecule has 0 atom stereocenters. The smallest absolute Gasteiger partial charge is 0.164 e. The van der Waals surface area contributed by atoms with Crippen molar-refractivity contribution < 1.29 is 0 Å². The molecule has 0 bridgehead atoms. The average Bonchev–Trinajstić information content (AvgIpc) is 3.50. The highest BCUT2D eigenvalue weighted by Gasteiger charge is 2.43. The molecule has 49 heavy (non-hydrogen) atoms. The Bertz CT molecular complexity index is 2370. The van der Waals surface area contributed by atoms with Gasteiger partial charge in [0.05, 0.1) is 0 Å². The molecule has 1 aliphatic heterocycles. The molecule has 0 unspecified atom stereocenters. The third-order valence-electron chi connectivity index (χ3n) is 9.19. The minimum Gasteiger partial charge on any atom is -0.208 e. The molecule has 0 spiro atoms. The van der Waals surface area contributed by atoms with E-state index in [9.17, 15) is 0 Å². The van der Waals surface area contributed by atoms with Crippen molar-refractivity contribution in [1.82, 2.24) is 15.0 Å². The number of fused-ring (bicyclic) bond motifs is 3. The van der Waals surface area contributed by atoms with Crippen molar-refractivity contribution in [2.75, 3.05) is 0 Å². The minimum atomic E-state index is -1.79. The molecule has 7 aromatic carbocycles. The van der Waals surface area contributed by atoms with Gasteiger partial charge in [0.25, 0.3) is 0 Å². The highest BCUT2D eigenvalue weighted by atomic mass is 32.3. The third kappa shape index (κ3) is 4.88. The molecular weight excluding hydrogens is 615 g/mol. The number of nitrogens with zero attached hydrogens (tertiary/aromatic N) is 3. The molecule has 2 heterocycles. The average molecular weight is 646 g/mol. The van der Waals surface area contributed by atoms with Crippen molar-refractivity contribution in [3.63, 3.8) is 0 Å². The SMILES string of the molecule is c1ccc(-c2ccc(-c3nc(-c4ccccc4)nc(-c4cccc5c4-c4ccccc4S5(c4ccccc4)c4ccccc4)n3)cc2)cc1. The third-order valence-corrected chi connectivity index (χ3v) is 13.2. The summed E-state index contributed by atoms with van der Waals surface area (Å²) in [6.07, 6.45) is 0. The van der Waals surface area contributed by atoms with Crippen LogP contribution in [-0.2, 0) is 0 Å². The van der Waals surface area contributed by atoms with Crippen LogP contribution in [0.2, 0.25) is 0 Å². The van der Waals surface area contributed by atoms with E-state index in [0.717, 1.165) is 22.3 Å². The number of hydrogen-bond acceptors (Lipinski definition) is 3. The summed E-state index contributed by atoms with van der Waals surface area (Å²) in [6, 6.07) is 66.7. The van der Waals surface area contributed by atoms with Crippen LogP contribution in [0, 0.1) is 0 Å². The first-order valence-electron chi connectivity index (χ1n) is 16.4. The molecule has 0 saturated carbocycles. The highest BCUT2D eigenvalue weighted by Crippen LogP contribution is 2.80. The number of hydrogen-bond donors (Lipinski definition) is 0. The fourth-order valence-electron chi connectivity index (χ4n) is 6.99. The molecule has 1 aliphatic rings. The lowest BCUT2D eigenvalue weighted by Gasteiger charge is -2.39. The Morgan fingerprint density at radius 1 is 0.286 bits per heavy atom. The van der Waals surface area contributed by atoms with Crippen LogP contribution >= 0.6 is 10.0 Å². The zero-order chi connectivity index (χ0) is 32.6. The Hall–Kier alpha value is -6.10. The van der Waals surface area contributed by atoms with Crippen LogP contribution in [0.3, 0.4) is 0 Å². The second-order valence-electron chi connectivity index (χ2n) is 12.0. The van der Waals surface area contributed by atoms with Crippen LogP contribution in [0.15, 0.2) is 208 Å². The van der Waals surface area contributed by atoms with E-state index in [4.69, 9.17) is 15.0 Å². The molecule has 8 aromatic rings. The second kappa shape index (κ2) is 12.2. The van der Waals surface area contributed by atoms with Gasteiger partial charge in [-0.1, -0.05) is 152 Å². The fraction of sp³-hybridized carbons (Fsp3) is 0. The summed E-state index contributed by atoms with van der Waals surface area (Å²) in [4.78, 5) is 20.7. The lowest BCUT2D eigenvalue weighted by atomic mass is 9.99. The Balaban J connectivity index is 1.29. The van der Waals surface area contributed by atoms with Crippen LogP contribution < -0.4 is 0 Å². The van der Waals surface area contributed by atoms with Crippen LogP contribution in [0.25, 0.3) is 56.4 Å². The van der Waals surface area contributed by atoms with Gasteiger partial charge in [0, 0.05) is 41.8 Å². The van der Waals surface area contributed by atoms with Gasteiger partial charge >= 0.3 is 0 Å².